The molecule has 3 N–H and O–H groups in total. The van der Waals surface area contributed by atoms with Gasteiger partial charge in [-0.25, -0.2) is 0 Å². The summed E-state index contributed by atoms with van der Waals surface area (Å²) in [7, 11) is 2.28. The van der Waals surface area contributed by atoms with Crippen LogP contribution in [0, 0.1) is 5.92 Å². The summed E-state index contributed by atoms with van der Waals surface area (Å²) < 4.78 is 1.04. The van der Waals surface area contributed by atoms with Gasteiger partial charge in [-0.3, -0.25) is 16.3 Å². The number of halogens is 1. The third-order valence-electron chi connectivity index (χ3n) is 5.13. The van der Waals surface area contributed by atoms with E-state index in [4.69, 9.17) is 5.84 Å². The zero-order valence-electron chi connectivity index (χ0n) is 11.9. The number of nitrogens with two attached hydrogens (primary N) is 1. The van der Waals surface area contributed by atoms with E-state index in [1.807, 2.05) is 12.4 Å². The molecule has 3 heterocycles. The second-order valence-electron chi connectivity index (χ2n) is 6.27. The van der Waals surface area contributed by atoms with Gasteiger partial charge in [0.15, 0.2) is 0 Å². The second kappa shape index (κ2) is 6.10. The van der Waals surface area contributed by atoms with Crippen molar-refractivity contribution >= 4 is 15.9 Å². The van der Waals surface area contributed by atoms with Crippen molar-refractivity contribution in [1.29, 1.82) is 0 Å². The Balaban J connectivity index is 1.68. The maximum absolute atomic E-state index is 5.84. The largest absolute Gasteiger partial charge is 0.300 e. The number of rotatable bonds is 4. The Hall–Kier alpha value is -0.490. The van der Waals surface area contributed by atoms with E-state index < -0.39 is 0 Å². The standard InChI is InChI=1S/C15H23BrN4/c1-20-13-2-3-14(20)7-11(6-13)15(19-17)5-10-4-12(16)9-18-8-10/h4,8-9,11,13-15,19H,2-3,5-7,17H2,1H3. The Labute approximate surface area is 129 Å². The summed E-state index contributed by atoms with van der Waals surface area (Å²) in [5.41, 5.74) is 4.31. The molecule has 1 aromatic heterocycles. The number of pyridine rings is 1. The number of hydrogen-bond acceptors (Lipinski definition) is 4. The number of aromatic nitrogens is 1. The van der Waals surface area contributed by atoms with E-state index in [0.717, 1.165) is 23.0 Å². The first-order valence-corrected chi connectivity index (χ1v) is 8.24. The van der Waals surface area contributed by atoms with Crippen molar-refractivity contribution in [1.82, 2.24) is 15.3 Å². The summed E-state index contributed by atoms with van der Waals surface area (Å²) in [6, 6.07) is 4.01. The minimum atomic E-state index is 0.350. The van der Waals surface area contributed by atoms with E-state index in [9.17, 15) is 0 Å². The highest BCUT2D eigenvalue weighted by atomic mass is 79.9. The van der Waals surface area contributed by atoms with Crippen LogP contribution in [0.5, 0.6) is 0 Å². The third-order valence-corrected chi connectivity index (χ3v) is 5.57. The van der Waals surface area contributed by atoms with E-state index in [1.165, 1.54) is 31.2 Å². The van der Waals surface area contributed by atoms with Gasteiger partial charge in [0.1, 0.15) is 0 Å². The minimum absolute atomic E-state index is 0.350. The molecular weight excluding hydrogens is 316 g/mol. The summed E-state index contributed by atoms with van der Waals surface area (Å²) >= 11 is 3.49. The van der Waals surface area contributed by atoms with Gasteiger partial charge in [0.2, 0.25) is 0 Å². The van der Waals surface area contributed by atoms with Crippen molar-refractivity contribution in [2.24, 2.45) is 11.8 Å². The van der Waals surface area contributed by atoms with E-state index >= 15 is 0 Å². The molecule has 20 heavy (non-hydrogen) atoms. The predicted molar refractivity (Wildman–Crippen MR) is 84.0 cm³/mol. The molecule has 2 bridgehead atoms. The predicted octanol–water partition coefficient (Wildman–Crippen LogP) is 2.09. The molecule has 3 rings (SSSR count). The molecule has 2 saturated heterocycles. The quantitative estimate of drug-likeness (QED) is 0.652. The van der Waals surface area contributed by atoms with Crippen LogP contribution in [0.25, 0.3) is 0 Å². The molecule has 4 nitrogen and oxygen atoms in total. The lowest BCUT2D eigenvalue weighted by molar-refractivity contribution is 0.112. The molecule has 5 heteroatoms. The highest BCUT2D eigenvalue weighted by Crippen LogP contribution is 2.39. The fourth-order valence-corrected chi connectivity index (χ4v) is 4.38. The first-order chi connectivity index (χ1) is 9.67. The summed E-state index contributed by atoms with van der Waals surface area (Å²) in [5, 5.41) is 0. The summed E-state index contributed by atoms with van der Waals surface area (Å²) in [6.07, 6.45) is 9.97. The first kappa shape index (κ1) is 14.4. The molecule has 2 aliphatic rings. The lowest BCUT2D eigenvalue weighted by Crippen LogP contribution is -2.49. The summed E-state index contributed by atoms with van der Waals surface area (Å²) in [5.74, 6) is 6.51. The Kier molecular flexibility index (Phi) is 4.40. The van der Waals surface area contributed by atoms with E-state index in [0.29, 0.717) is 12.0 Å². The molecular formula is C15H23BrN4. The van der Waals surface area contributed by atoms with Gasteiger partial charge in [0.25, 0.3) is 0 Å². The molecule has 110 valence electrons. The van der Waals surface area contributed by atoms with Crippen molar-refractivity contribution in [3.8, 4) is 0 Å². The van der Waals surface area contributed by atoms with Crippen LogP contribution in [0.1, 0.15) is 31.2 Å². The van der Waals surface area contributed by atoms with Gasteiger partial charge in [-0.1, -0.05) is 0 Å². The molecule has 0 aromatic carbocycles. The van der Waals surface area contributed by atoms with Crippen LogP contribution in [0.2, 0.25) is 0 Å². The molecule has 2 aliphatic heterocycles. The lowest BCUT2D eigenvalue weighted by Gasteiger charge is -2.39. The lowest BCUT2D eigenvalue weighted by atomic mass is 9.83. The van der Waals surface area contributed by atoms with Crippen LogP contribution in [0.4, 0.5) is 0 Å². The zero-order chi connectivity index (χ0) is 14.1. The maximum Gasteiger partial charge on any atom is 0.0410 e. The Morgan fingerprint density at radius 3 is 2.70 bits per heavy atom. The molecule has 2 fully saturated rings. The van der Waals surface area contributed by atoms with Crippen LogP contribution in [0.3, 0.4) is 0 Å². The van der Waals surface area contributed by atoms with Crippen LogP contribution in [0.15, 0.2) is 22.9 Å². The Morgan fingerprint density at radius 2 is 2.10 bits per heavy atom. The fraction of sp³-hybridized carbons (Fsp3) is 0.667. The summed E-state index contributed by atoms with van der Waals surface area (Å²) in [4.78, 5) is 6.82. The van der Waals surface area contributed by atoms with E-state index in [1.54, 1.807) is 0 Å². The average molecular weight is 339 g/mol. The van der Waals surface area contributed by atoms with Gasteiger partial charge in [-0.15, -0.1) is 0 Å². The Morgan fingerprint density at radius 1 is 1.40 bits per heavy atom. The van der Waals surface area contributed by atoms with Gasteiger partial charge in [0, 0.05) is 35.0 Å². The smallest absolute Gasteiger partial charge is 0.0410 e. The van der Waals surface area contributed by atoms with Crippen molar-refractivity contribution in [2.45, 2.75) is 50.2 Å². The van der Waals surface area contributed by atoms with Gasteiger partial charge in [-0.05, 0) is 72.6 Å². The van der Waals surface area contributed by atoms with Crippen molar-refractivity contribution in [2.75, 3.05) is 7.05 Å². The molecule has 0 saturated carbocycles. The number of hydrogen-bond donors (Lipinski definition) is 2. The molecule has 3 atom stereocenters. The number of fused-ring (bicyclic) bond motifs is 2. The Bertz CT molecular complexity index is 453. The van der Waals surface area contributed by atoms with Gasteiger partial charge >= 0.3 is 0 Å². The molecule has 0 radical (unpaired) electrons. The van der Waals surface area contributed by atoms with Crippen molar-refractivity contribution in [3.63, 3.8) is 0 Å². The SMILES string of the molecule is CN1C2CCC1CC(C(Cc1cncc(Br)c1)NN)C2. The van der Waals surface area contributed by atoms with Gasteiger partial charge in [0.05, 0.1) is 0 Å². The monoisotopic (exact) mass is 338 g/mol. The highest BCUT2D eigenvalue weighted by Gasteiger charge is 2.40. The normalized spacial score (nSPS) is 31.4. The molecule has 3 unspecified atom stereocenters. The van der Waals surface area contributed by atoms with Crippen molar-refractivity contribution < 1.29 is 0 Å². The zero-order valence-corrected chi connectivity index (χ0v) is 13.5. The number of nitrogens with zero attached hydrogens (tertiary/aromatic N) is 2. The first-order valence-electron chi connectivity index (χ1n) is 7.45. The maximum atomic E-state index is 5.84. The van der Waals surface area contributed by atoms with Crippen molar-refractivity contribution in [3.05, 3.63) is 28.5 Å². The van der Waals surface area contributed by atoms with Crippen LogP contribution >= 0.6 is 15.9 Å². The molecule has 0 amide bonds. The molecule has 0 aliphatic carbocycles. The van der Waals surface area contributed by atoms with E-state index in [2.05, 4.69) is 44.4 Å². The number of nitrogens with one attached hydrogen (secondary N) is 1. The van der Waals surface area contributed by atoms with Crippen LogP contribution in [-0.4, -0.2) is 35.1 Å². The second-order valence-corrected chi connectivity index (χ2v) is 7.19. The average Bonchev–Trinajstić information content (AvgIpc) is 2.66. The molecule has 1 aromatic rings. The number of hydrazine groups is 1. The highest BCUT2D eigenvalue weighted by molar-refractivity contribution is 9.10. The molecule has 0 spiro atoms. The third kappa shape index (κ3) is 2.91. The van der Waals surface area contributed by atoms with Crippen LogP contribution < -0.4 is 11.3 Å². The topological polar surface area (TPSA) is 54.2 Å². The van der Waals surface area contributed by atoms with Gasteiger partial charge in [-0.2, -0.15) is 0 Å². The fourth-order valence-electron chi connectivity index (χ4n) is 3.97. The number of piperidine rings is 1. The summed E-state index contributed by atoms with van der Waals surface area (Å²) in [6.45, 7) is 0. The van der Waals surface area contributed by atoms with Crippen LogP contribution in [-0.2, 0) is 6.42 Å². The van der Waals surface area contributed by atoms with Gasteiger partial charge < -0.3 is 4.90 Å². The van der Waals surface area contributed by atoms with E-state index in [-0.39, 0.29) is 0 Å². The minimum Gasteiger partial charge on any atom is -0.300 e.